The first-order chi connectivity index (χ1) is 7.18. The van der Waals surface area contributed by atoms with E-state index >= 15 is 0 Å². The zero-order valence-corrected chi connectivity index (χ0v) is 9.39. The number of nitrogen functional groups attached to an aromatic ring is 1. The molecule has 2 aromatic carbocycles. The van der Waals surface area contributed by atoms with Gasteiger partial charge >= 0.3 is 0 Å². The van der Waals surface area contributed by atoms with Crippen molar-refractivity contribution in [1.82, 2.24) is 0 Å². The summed E-state index contributed by atoms with van der Waals surface area (Å²) in [4.78, 5) is 0. The summed E-state index contributed by atoms with van der Waals surface area (Å²) in [6.45, 7) is 0. The summed E-state index contributed by atoms with van der Waals surface area (Å²) in [6.07, 6.45) is 0. The Hall–Kier alpha value is -1.18. The molecule has 0 atom stereocenters. The van der Waals surface area contributed by atoms with Crippen molar-refractivity contribution in [2.45, 2.75) is 0 Å². The Morgan fingerprint density at radius 1 is 0.933 bits per heavy atom. The van der Waals surface area contributed by atoms with Crippen LogP contribution in [0.4, 0.5) is 5.69 Å². The predicted octanol–water partition coefficient (Wildman–Crippen LogP) is 4.24. The average Bonchev–Trinajstić information content (AvgIpc) is 2.24. The quantitative estimate of drug-likeness (QED) is 0.738. The van der Waals surface area contributed by atoms with Gasteiger partial charge in [0.2, 0.25) is 0 Å². The Morgan fingerprint density at radius 2 is 1.60 bits per heavy atom. The van der Waals surface area contributed by atoms with Crippen molar-refractivity contribution in [1.29, 1.82) is 0 Å². The molecule has 15 heavy (non-hydrogen) atoms. The van der Waals surface area contributed by atoms with E-state index in [-0.39, 0.29) is 0 Å². The van der Waals surface area contributed by atoms with Crippen LogP contribution in [0.25, 0.3) is 11.1 Å². The first kappa shape index (κ1) is 10.3. The van der Waals surface area contributed by atoms with E-state index < -0.39 is 0 Å². The zero-order valence-electron chi connectivity index (χ0n) is 7.87. The first-order valence-corrected chi connectivity index (χ1v) is 5.24. The Bertz CT molecular complexity index is 480. The van der Waals surface area contributed by atoms with Gasteiger partial charge in [0.25, 0.3) is 0 Å². The molecule has 1 nitrogen and oxygen atoms in total. The van der Waals surface area contributed by atoms with Crippen molar-refractivity contribution in [3.8, 4) is 11.1 Å². The van der Waals surface area contributed by atoms with E-state index in [0.29, 0.717) is 15.7 Å². The van der Waals surface area contributed by atoms with Crippen LogP contribution in [0, 0.1) is 0 Å². The molecule has 76 valence electrons. The smallest absolute Gasteiger partial charge is 0.0656 e. The van der Waals surface area contributed by atoms with Crippen molar-refractivity contribution in [3.05, 3.63) is 52.5 Å². The lowest BCUT2D eigenvalue weighted by atomic mass is 10.0. The highest BCUT2D eigenvalue weighted by atomic mass is 35.5. The Kier molecular flexibility index (Phi) is 2.85. The second kappa shape index (κ2) is 4.13. The average molecular weight is 238 g/mol. The highest BCUT2D eigenvalue weighted by Gasteiger charge is 2.07. The molecule has 0 saturated heterocycles. The minimum Gasteiger partial charge on any atom is -0.397 e. The van der Waals surface area contributed by atoms with Gasteiger partial charge in [-0.15, -0.1) is 0 Å². The van der Waals surface area contributed by atoms with Crippen molar-refractivity contribution in [2.24, 2.45) is 0 Å². The highest BCUT2D eigenvalue weighted by molar-refractivity contribution is 6.37. The fourth-order valence-corrected chi connectivity index (χ4v) is 1.93. The minimum absolute atomic E-state index is 0.487. The molecule has 0 aliphatic rings. The fourth-order valence-electron chi connectivity index (χ4n) is 1.44. The molecular formula is C12H9Cl2N. The molecule has 0 aromatic heterocycles. The van der Waals surface area contributed by atoms with Crippen molar-refractivity contribution in [2.75, 3.05) is 5.73 Å². The fraction of sp³-hybridized carbons (Fsp3) is 0. The minimum atomic E-state index is 0.487. The van der Waals surface area contributed by atoms with Crippen LogP contribution in [0.15, 0.2) is 42.5 Å². The molecule has 0 saturated carbocycles. The number of hydrogen-bond donors (Lipinski definition) is 1. The molecule has 0 aliphatic heterocycles. The number of halogens is 2. The van der Waals surface area contributed by atoms with Crippen LogP contribution in [0.2, 0.25) is 10.0 Å². The summed E-state index contributed by atoms with van der Waals surface area (Å²) in [5.74, 6) is 0. The van der Waals surface area contributed by atoms with Crippen LogP contribution >= 0.6 is 23.2 Å². The van der Waals surface area contributed by atoms with Gasteiger partial charge in [0.15, 0.2) is 0 Å². The lowest BCUT2D eigenvalue weighted by Gasteiger charge is -2.08. The number of rotatable bonds is 1. The number of benzene rings is 2. The summed E-state index contributed by atoms with van der Waals surface area (Å²) in [6, 6.07) is 13.2. The summed E-state index contributed by atoms with van der Waals surface area (Å²) in [5.41, 5.74) is 8.34. The Morgan fingerprint density at radius 3 is 2.27 bits per heavy atom. The summed E-state index contributed by atoms with van der Waals surface area (Å²) < 4.78 is 0. The van der Waals surface area contributed by atoms with E-state index in [0.717, 1.165) is 11.1 Å². The van der Waals surface area contributed by atoms with Gasteiger partial charge in [-0.05, 0) is 17.7 Å². The van der Waals surface area contributed by atoms with Crippen LogP contribution in [-0.4, -0.2) is 0 Å². The molecule has 0 radical (unpaired) electrons. The zero-order chi connectivity index (χ0) is 10.8. The summed E-state index contributed by atoms with van der Waals surface area (Å²) in [7, 11) is 0. The number of nitrogens with two attached hydrogens (primary N) is 1. The maximum atomic E-state index is 5.96. The van der Waals surface area contributed by atoms with Gasteiger partial charge in [0, 0.05) is 10.6 Å². The van der Waals surface area contributed by atoms with Gasteiger partial charge in [-0.25, -0.2) is 0 Å². The molecule has 0 amide bonds. The van der Waals surface area contributed by atoms with Gasteiger partial charge in [-0.3, -0.25) is 0 Å². The normalized spacial score (nSPS) is 10.3. The lowest BCUT2D eigenvalue weighted by molar-refractivity contribution is 1.61. The van der Waals surface area contributed by atoms with E-state index in [1.807, 2.05) is 36.4 Å². The second-order valence-corrected chi connectivity index (χ2v) is 4.06. The monoisotopic (exact) mass is 237 g/mol. The van der Waals surface area contributed by atoms with Crippen LogP contribution in [0.1, 0.15) is 0 Å². The van der Waals surface area contributed by atoms with Crippen molar-refractivity contribution in [3.63, 3.8) is 0 Å². The molecule has 2 N–H and O–H groups in total. The van der Waals surface area contributed by atoms with Crippen LogP contribution in [-0.2, 0) is 0 Å². The van der Waals surface area contributed by atoms with Crippen molar-refractivity contribution < 1.29 is 0 Å². The van der Waals surface area contributed by atoms with Crippen molar-refractivity contribution >= 4 is 28.9 Å². The summed E-state index contributed by atoms with van der Waals surface area (Å²) >= 11 is 11.9. The number of anilines is 1. The van der Waals surface area contributed by atoms with Crippen LogP contribution in [0.5, 0.6) is 0 Å². The lowest BCUT2D eigenvalue weighted by Crippen LogP contribution is -1.91. The molecule has 0 unspecified atom stereocenters. The molecule has 0 bridgehead atoms. The maximum Gasteiger partial charge on any atom is 0.0656 e. The van der Waals surface area contributed by atoms with E-state index in [9.17, 15) is 0 Å². The Labute approximate surface area is 98.4 Å². The first-order valence-electron chi connectivity index (χ1n) is 4.48. The molecule has 2 rings (SSSR count). The molecule has 3 heteroatoms. The van der Waals surface area contributed by atoms with E-state index in [1.54, 1.807) is 6.07 Å². The third-order valence-corrected chi connectivity index (χ3v) is 2.71. The molecule has 2 aromatic rings. The largest absolute Gasteiger partial charge is 0.397 e. The molecule has 0 aliphatic carbocycles. The van der Waals surface area contributed by atoms with Crippen LogP contribution < -0.4 is 5.73 Å². The van der Waals surface area contributed by atoms with E-state index in [4.69, 9.17) is 28.9 Å². The molecule has 0 fully saturated rings. The molecule has 0 spiro atoms. The predicted molar refractivity (Wildman–Crippen MR) is 66.3 cm³/mol. The third kappa shape index (κ3) is 2.09. The van der Waals surface area contributed by atoms with Gasteiger partial charge in [-0.2, -0.15) is 0 Å². The molecular weight excluding hydrogens is 229 g/mol. The maximum absolute atomic E-state index is 5.96. The highest BCUT2D eigenvalue weighted by Crippen LogP contribution is 2.34. The van der Waals surface area contributed by atoms with Crippen LogP contribution in [0.3, 0.4) is 0 Å². The van der Waals surface area contributed by atoms with E-state index in [2.05, 4.69) is 0 Å². The second-order valence-electron chi connectivity index (χ2n) is 3.21. The standard InChI is InChI=1S/C12H9Cl2N/c13-9-6-10(12(15)11(14)7-9)8-4-2-1-3-5-8/h1-7H,15H2. The summed E-state index contributed by atoms with van der Waals surface area (Å²) in [5, 5.41) is 1.08. The van der Waals surface area contributed by atoms with Gasteiger partial charge in [-0.1, -0.05) is 53.5 Å². The van der Waals surface area contributed by atoms with Gasteiger partial charge in [0.1, 0.15) is 0 Å². The Balaban J connectivity index is 2.63. The van der Waals surface area contributed by atoms with E-state index in [1.165, 1.54) is 0 Å². The topological polar surface area (TPSA) is 26.0 Å². The van der Waals surface area contributed by atoms with Gasteiger partial charge < -0.3 is 5.73 Å². The van der Waals surface area contributed by atoms with Gasteiger partial charge in [0.05, 0.1) is 10.7 Å². The third-order valence-electron chi connectivity index (χ3n) is 2.18. The SMILES string of the molecule is Nc1c(Cl)cc(Cl)cc1-c1ccccc1. The molecule has 0 heterocycles. The number of hydrogen-bond acceptors (Lipinski definition) is 1.